The number of aliphatic hydroxyl groups is 3. The topological polar surface area (TPSA) is 497 Å². The van der Waals surface area contributed by atoms with Gasteiger partial charge in [-0.2, -0.15) is 20.2 Å². The SMILES string of the molecule is CC[C@H](C)[C@H](NC(=O)[C@H](C)NC(=O)[C@H](CC(N)=O)NC(=O)CNC(=O)[C@@H](NC(=O)[C@H](CCCN=C(N)N)NC(=O)[C@H](CCSC)NC=O)[C@@H](C)O)C(=O)NS(=O)(=O)OC[C@H]1O[C@@H](n2cnc3c(N)cccc32)[C@H](O)[C@@H]1O. The number of nitrogens with one attached hydrogen (secondary N) is 8. The van der Waals surface area contributed by atoms with Gasteiger partial charge >= 0.3 is 10.3 Å². The highest BCUT2D eigenvalue weighted by molar-refractivity contribution is 7.98. The van der Waals surface area contributed by atoms with Crippen LogP contribution in [0.15, 0.2) is 29.5 Å². The van der Waals surface area contributed by atoms with E-state index in [4.69, 9.17) is 31.9 Å². The van der Waals surface area contributed by atoms with Gasteiger partial charge in [0.2, 0.25) is 47.8 Å². The third-order valence-electron chi connectivity index (χ3n) is 11.7. The van der Waals surface area contributed by atoms with Gasteiger partial charge in [-0.25, -0.2) is 9.71 Å². The molecule has 19 N–H and O–H groups in total. The molecule has 33 heteroatoms. The van der Waals surface area contributed by atoms with E-state index in [0.717, 1.165) is 13.8 Å². The third kappa shape index (κ3) is 19.0. The molecule has 1 fully saturated rings. The fourth-order valence-electron chi connectivity index (χ4n) is 7.36. The summed E-state index contributed by atoms with van der Waals surface area (Å²) in [5, 5.41) is 48.1. The minimum Gasteiger partial charge on any atom is -0.397 e. The number of carbonyl (C=O) groups excluding carboxylic acids is 9. The summed E-state index contributed by atoms with van der Waals surface area (Å²) < 4.78 is 39.7. The molecule has 0 unspecified atom stereocenters. The highest BCUT2D eigenvalue weighted by Crippen LogP contribution is 2.33. The number of nitrogens with zero attached hydrogens (tertiary/aromatic N) is 3. The third-order valence-corrected chi connectivity index (χ3v) is 13.3. The zero-order chi connectivity index (χ0) is 57.0. The number of aliphatic imine (C=N–C) groups is 1. The van der Waals surface area contributed by atoms with E-state index >= 15 is 0 Å². The summed E-state index contributed by atoms with van der Waals surface area (Å²) in [6.07, 6.45) is -4.35. The zero-order valence-corrected chi connectivity index (χ0v) is 43.9. The van der Waals surface area contributed by atoms with E-state index in [1.165, 1.54) is 29.6 Å². The number of nitrogen functional groups attached to an aromatic ring is 1. The summed E-state index contributed by atoms with van der Waals surface area (Å²) in [6, 6.07) is -4.04. The minimum absolute atomic E-state index is 0.0507. The summed E-state index contributed by atoms with van der Waals surface area (Å²) in [5.74, 6) is -8.88. The Balaban J connectivity index is 1.62. The van der Waals surface area contributed by atoms with Gasteiger partial charge in [0.05, 0.1) is 43.2 Å². The van der Waals surface area contributed by atoms with Crippen LogP contribution in [0.3, 0.4) is 0 Å². The number of hydrogen-bond donors (Lipinski definition) is 15. The molecule has 1 saturated heterocycles. The number of primary amides is 1. The van der Waals surface area contributed by atoms with Crippen LogP contribution in [0.2, 0.25) is 0 Å². The molecule has 0 saturated carbocycles. The molecule has 0 bridgehead atoms. The molecule has 3 rings (SSSR count). The minimum atomic E-state index is -4.97. The standard InChI is InChI=1S/C43H69N15O16S2/c1-6-20(2)31(41(70)57-76(71,72)73-17-28-34(63)35(64)42(74-28)58-18-50-33-23(44)9-7-11-27(33)58)55-36(65)21(3)52-39(68)26(15-29(45)61)53-30(62)16-49-40(69)32(22(4)60)56-38(67)25(10-8-13-48-43(46)47)54-37(66)24(51-19-59)12-14-75-5/h7,9,11,18-22,24-26,28,31-32,34-35,42,60,63-64H,6,8,10,12-17,44H2,1-5H3,(H2,45,61)(H,49,69)(H,51,59)(H,52,68)(H,53,62)(H,54,66)(H,55,65)(H,56,67)(H,57,70)(H4,46,47,48)/t20-,21-,22+,24-,25-,26-,28+,31-,32-,34+,35+,42+/m0/s1. The van der Waals surface area contributed by atoms with Crippen molar-refractivity contribution in [3.63, 3.8) is 0 Å². The van der Waals surface area contributed by atoms with Gasteiger partial charge in [-0.3, -0.25) is 52.3 Å². The molecule has 1 aliphatic heterocycles. The molecule has 1 aliphatic rings. The predicted octanol–water partition coefficient (Wildman–Crippen LogP) is -6.60. The fourth-order valence-corrected chi connectivity index (χ4v) is 8.57. The average molecular weight is 1120 g/mol. The van der Waals surface area contributed by atoms with Gasteiger partial charge in [0.25, 0.3) is 5.91 Å². The molecule has 0 aliphatic carbocycles. The zero-order valence-electron chi connectivity index (χ0n) is 42.3. The van der Waals surface area contributed by atoms with Crippen molar-refractivity contribution in [1.82, 2.24) is 51.5 Å². The number of carbonyl (C=O) groups is 9. The van der Waals surface area contributed by atoms with Gasteiger partial charge in [0.15, 0.2) is 12.2 Å². The smallest absolute Gasteiger partial charge is 0.362 e. The van der Waals surface area contributed by atoms with Crippen LogP contribution in [-0.4, -0.2) is 185 Å². The van der Waals surface area contributed by atoms with Gasteiger partial charge in [-0.05, 0) is 63.2 Å². The number of anilines is 1. The number of benzene rings is 1. The quantitative estimate of drug-likeness (QED) is 0.0106. The van der Waals surface area contributed by atoms with E-state index in [1.807, 2.05) is 0 Å². The largest absolute Gasteiger partial charge is 0.397 e. The number of amides is 9. The Labute approximate surface area is 441 Å². The van der Waals surface area contributed by atoms with Crippen molar-refractivity contribution in [3.8, 4) is 0 Å². The number of guanidine groups is 1. The monoisotopic (exact) mass is 1120 g/mol. The maximum absolute atomic E-state index is 13.5. The van der Waals surface area contributed by atoms with E-state index in [0.29, 0.717) is 28.9 Å². The molecule has 0 radical (unpaired) electrons. The fraction of sp³-hybridized carbons (Fsp3) is 0.605. The van der Waals surface area contributed by atoms with Crippen molar-refractivity contribution in [2.75, 3.05) is 37.4 Å². The molecule has 424 valence electrons. The molecule has 9 amide bonds. The number of aromatic nitrogens is 2. The first kappa shape index (κ1) is 63.4. The number of thioether (sulfide) groups is 1. The van der Waals surface area contributed by atoms with E-state index in [1.54, 1.807) is 36.1 Å². The molecule has 1 aromatic carbocycles. The number of rotatable bonds is 32. The predicted molar refractivity (Wildman–Crippen MR) is 272 cm³/mol. The van der Waals surface area contributed by atoms with Crippen molar-refractivity contribution in [3.05, 3.63) is 24.5 Å². The second kappa shape index (κ2) is 30.0. The number of hydrogen-bond acceptors (Lipinski definition) is 20. The van der Waals surface area contributed by atoms with Crippen molar-refractivity contribution in [1.29, 1.82) is 0 Å². The Morgan fingerprint density at radius 2 is 1.54 bits per heavy atom. The Morgan fingerprint density at radius 3 is 2.16 bits per heavy atom. The molecule has 2 heterocycles. The lowest BCUT2D eigenvalue weighted by Gasteiger charge is -2.26. The number of aliphatic hydroxyl groups excluding tert-OH is 3. The van der Waals surface area contributed by atoms with Crippen LogP contribution in [0.1, 0.15) is 66.0 Å². The second-order valence-corrected chi connectivity index (χ2v) is 19.9. The first-order chi connectivity index (χ1) is 35.7. The van der Waals surface area contributed by atoms with E-state index in [-0.39, 0.29) is 38.2 Å². The molecular formula is C43H69N15O16S2. The van der Waals surface area contributed by atoms with Gasteiger partial charge < -0.3 is 84.8 Å². The lowest BCUT2D eigenvalue weighted by molar-refractivity contribution is -0.136. The molecule has 0 spiro atoms. The van der Waals surface area contributed by atoms with E-state index in [9.17, 15) is 66.9 Å². The Kier molecular flexibility index (Phi) is 25.0. The summed E-state index contributed by atoms with van der Waals surface area (Å²) in [6.45, 7) is 3.71. The summed E-state index contributed by atoms with van der Waals surface area (Å²) in [7, 11) is -4.97. The molecule has 31 nitrogen and oxygen atoms in total. The molecule has 1 aromatic heterocycles. The molecule has 12 atom stereocenters. The number of para-hydroxylation sites is 1. The molecular weight excluding hydrogens is 1050 g/mol. The Bertz CT molecular complexity index is 2510. The van der Waals surface area contributed by atoms with Gasteiger partial charge in [-0.1, -0.05) is 26.3 Å². The summed E-state index contributed by atoms with van der Waals surface area (Å²) >= 11 is 1.41. The van der Waals surface area contributed by atoms with Crippen LogP contribution >= 0.6 is 11.8 Å². The normalized spacial score (nSPS) is 19.4. The number of fused-ring (bicyclic) bond motifs is 1. The number of ether oxygens (including phenoxy) is 1. The summed E-state index contributed by atoms with van der Waals surface area (Å²) in [4.78, 5) is 124. The van der Waals surface area contributed by atoms with Crippen LogP contribution in [0.25, 0.3) is 11.0 Å². The van der Waals surface area contributed by atoms with Crippen LogP contribution in [-0.2, 0) is 62.4 Å². The summed E-state index contributed by atoms with van der Waals surface area (Å²) in [5.41, 5.74) is 23.2. The lowest BCUT2D eigenvalue weighted by atomic mass is 9.98. The number of nitrogens with two attached hydrogens (primary N) is 4. The highest BCUT2D eigenvalue weighted by atomic mass is 32.2. The van der Waals surface area contributed by atoms with Crippen LogP contribution < -0.4 is 64.9 Å². The maximum atomic E-state index is 13.5. The second-order valence-electron chi connectivity index (χ2n) is 17.6. The first-order valence-corrected chi connectivity index (χ1v) is 26.5. The van der Waals surface area contributed by atoms with Crippen LogP contribution in [0, 0.1) is 5.92 Å². The molecule has 2 aromatic rings. The van der Waals surface area contributed by atoms with Crippen LogP contribution in [0.4, 0.5) is 5.69 Å². The van der Waals surface area contributed by atoms with E-state index in [2.05, 4.69) is 47.2 Å². The first-order valence-electron chi connectivity index (χ1n) is 23.7. The van der Waals surface area contributed by atoms with Gasteiger partial charge in [0, 0.05) is 6.54 Å². The van der Waals surface area contributed by atoms with Crippen molar-refractivity contribution in [2.45, 2.75) is 127 Å². The highest BCUT2D eigenvalue weighted by Gasteiger charge is 2.45. The van der Waals surface area contributed by atoms with Crippen molar-refractivity contribution < 1.29 is 75.8 Å². The van der Waals surface area contributed by atoms with Gasteiger partial charge in [-0.15, -0.1) is 0 Å². The van der Waals surface area contributed by atoms with E-state index < -0.39 is 150 Å². The van der Waals surface area contributed by atoms with Crippen molar-refractivity contribution >= 4 is 98.4 Å². The Hall–Kier alpha value is -6.91. The Morgan fingerprint density at radius 1 is 0.882 bits per heavy atom. The average Bonchev–Trinajstić information content (AvgIpc) is 3.91. The van der Waals surface area contributed by atoms with Crippen molar-refractivity contribution in [2.24, 2.45) is 28.1 Å². The lowest BCUT2D eigenvalue weighted by Crippen LogP contribution is -2.60. The van der Waals surface area contributed by atoms with Crippen LogP contribution in [0.5, 0.6) is 0 Å². The maximum Gasteiger partial charge on any atom is 0.362 e. The number of imidazole rings is 1. The van der Waals surface area contributed by atoms with Gasteiger partial charge in [0.1, 0.15) is 60.1 Å². The molecule has 76 heavy (non-hydrogen) atoms.